The normalized spacial score (nSPS) is 10.9. The van der Waals surface area contributed by atoms with Crippen molar-refractivity contribution in [3.63, 3.8) is 0 Å². The molecule has 1 N–H and O–H groups in total. The third-order valence-corrected chi connectivity index (χ3v) is 4.22. The van der Waals surface area contributed by atoms with Crippen LogP contribution in [0.5, 0.6) is 5.75 Å². The van der Waals surface area contributed by atoms with Crippen molar-refractivity contribution >= 4 is 22.6 Å². The maximum absolute atomic E-state index is 12.3. The average Bonchev–Trinajstić information content (AvgIpc) is 2.96. The number of benzene rings is 3. The molecule has 0 saturated carbocycles. The Morgan fingerprint density at radius 2 is 1.72 bits per heavy atom. The third kappa shape index (κ3) is 3.16. The number of ether oxygens (including phenoxy) is 1. The van der Waals surface area contributed by atoms with Gasteiger partial charge in [0.25, 0.3) is 0 Å². The molecule has 0 amide bonds. The fourth-order valence-electron chi connectivity index (χ4n) is 2.76. The second kappa shape index (κ2) is 6.49. The summed E-state index contributed by atoms with van der Waals surface area (Å²) in [5.74, 6) is 0.749. The Bertz CT molecular complexity index is 1070. The summed E-state index contributed by atoms with van der Waals surface area (Å²) >= 11 is 6.06. The summed E-state index contributed by atoms with van der Waals surface area (Å²) < 4.78 is 7.38. The van der Waals surface area contributed by atoms with E-state index in [0.717, 1.165) is 28.0 Å². The first-order valence-corrected chi connectivity index (χ1v) is 8.26. The van der Waals surface area contributed by atoms with Gasteiger partial charge >= 0.3 is 5.69 Å². The van der Waals surface area contributed by atoms with Gasteiger partial charge in [0, 0.05) is 5.02 Å². The topological polar surface area (TPSA) is 47.0 Å². The van der Waals surface area contributed by atoms with Gasteiger partial charge < -0.3 is 9.72 Å². The summed E-state index contributed by atoms with van der Waals surface area (Å²) in [7, 11) is 0. The minimum absolute atomic E-state index is 0.199. The molecule has 0 fully saturated rings. The first-order chi connectivity index (χ1) is 12.2. The van der Waals surface area contributed by atoms with Crippen LogP contribution in [0.2, 0.25) is 5.02 Å². The van der Waals surface area contributed by atoms with Crippen molar-refractivity contribution in [3.8, 4) is 11.4 Å². The monoisotopic (exact) mass is 350 g/mol. The summed E-state index contributed by atoms with van der Waals surface area (Å²) in [5, 5.41) is 0.586. The first kappa shape index (κ1) is 15.5. The molecule has 4 nitrogen and oxygen atoms in total. The van der Waals surface area contributed by atoms with E-state index in [-0.39, 0.29) is 5.69 Å². The van der Waals surface area contributed by atoms with Gasteiger partial charge in [-0.3, -0.25) is 4.57 Å². The highest BCUT2D eigenvalue weighted by Gasteiger charge is 2.09. The lowest BCUT2D eigenvalue weighted by Crippen LogP contribution is -2.14. The Hall–Kier alpha value is -2.98. The average molecular weight is 351 g/mol. The molecule has 5 heteroatoms. The zero-order valence-electron chi connectivity index (χ0n) is 13.3. The highest BCUT2D eigenvalue weighted by atomic mass is 35.5. The summed E-state index contributed by atoms with van der Waals surface area (Å²) in [6, 6.07) is 22.7. The number of aromatic amines is 1. The number of halogens is 1. The lowest BCUT2D eigenvalue weighted by atomic mass is 10.2. The van der Waals surface area contributed by atoms with Gasteiger partial charge in [0.1, 0.15) is 12.4 Å². The van der Waals surface area contributed by atoms with Crippen molar-refractivity contribution in [2.24, 2.45) is 0 Å². The van der Waals surface area contributed by atoms with Gasteiger partial charge in [0.15, 0.2) is 0 Å². The van der Waals surface area contributed by atoms with Crippen LogP contribution in [0.25, 0.3) is 16.7 Å². The van der Waals surface area contributed by atoms with E-state index in [0.29, 0.717) is 11.6 Å². The van der Waals surface area contributed by atoms with Crippen molar-refractivity contribution < 1.29 is 4.74 Å². The molecule has 0 spiro atoms. The van der Waals surface area contributed by atoms with E-state index in [2.05, 4.69) is 4.98 Å². The van der Waals surface area contributed by atoms with Gasteiger partial charge in [-0.25, -0.2) is 4.79 Å². The molecule has 0 radical (unpaired) electrons. The smallest absolute Gasteiger partial charge is 0.331 e. The van der Waals surface area contributed by atoms with Crippen LogP contribution in [0, 0.1) is 0 Å². The lowest BCUT2D eigenvalue weighted by Gasteiger charge is -2.08. The van der Waals surface area contributed by atoms with Crippen molar-refractivity contribution in [1.82, 2.24) is 9.55 Å². The quantitative estimate of drug-likeness (QED) is 0.587. The standard InChI is InChI=1S/C20H15ClN2O2/c21-15-6-11-18-19(12-15)23(20(24)22-18)16-7-9-17(10-8-16)25-13-14-4-2-1-3-5-14/h1-12H,13H2,(H,22,24). The molecule has 0 unspecified atom stereocenters. The molecule has 0 atom stereocenters. The molecule has 0 bridgehead atoms. The number of nitrogens with zero attached hydrogens (tertiary/aromatic N) is 1. The van der Waals surface area contributed by atoms with Crippen LogP contribution in [0.3, 0.4) is 0 Å². The molecule has 0 saturated heterocycles. The molecular formula is C20H15ClN2O2. The second-order valence-electron chi connectivity index (χ2n) is 5.70. The second-order valence-corrected chi connectivity index (χ2v) is 6.13. The van der Waals surface area contributed by atoms with E-state index in [9.17, 15) is 4.79 Å². The molecule has 1 heterocycles. The van der Waals surface area contributed by atoms with Crippen LogP contribution in [0.1, 0.15) is 5.56 Å². The van der Waals surface area contributed by atoms with Gasteiger partial charge in [-0.1, -0.05) is 41.9 Å². The van der Waals surface area contributed by atoms with Gasteiger partial charge in [-0.2, -0.15) is 0 Å². The summed E-state index contributed by atoms with van der Waals surface area (Å²) in [5.41, 5.74) is 3.16. The molecule has 4 aromatic rings. The maximum atomic E-state index is 12.3. The maximum Gasteiger partial charge on any atom is 0.331 e. The highest BCUT2D eigenvalue weighted by molar-refractivity contribution is 6.31. The van der Waals surface area contributed by atoms with Crippen LogP contribution >= 0.6 is 11.6 Å². The van der Waals surface area contributed by atoms with E-state index in [1.54, 1.807) is 22.8 Å². The number of hydrogen-bond donors (Lipinski definition) is 1. The van der Waals surface area contributed by atoms with E-state index in [1.165, 1.54) is 0 Å². The van der Waals surface area contributed by atoms with Crippen molar-refractivity contribution in [3.05, 3.63) is 93.9 Å². The summed E-state index contributed by atoms with van der Waals surface area (Å²) in [6.45, 7) is 0.503. The lowest BCUT2D eigenvalue weighted by molar-refractivity contribution is 0.306. The Balaban J connectivity index is 1.61. The van der Waals surface area contributed by atoms with Crippen LogP contribution in [-0.2, 0) is 6.61 Å². The van der Waals surface area contributed by atoms with E-state index in [4.69, 9.17) is 16.3 Å². The van der Waals surface area contributed by atoms with Crippen LogP contribution in [0.4, 0.5) is 0 Å². The molecule has 4 rings (SSSR count). The van der Waals surface area contributed by atoms with Gasteiger partial charge in [0.05, 0.1) is 16.7 Å². The van der Waals surface area contributed by atoms with Gasteiger partial charge in [0.2, 0.25) is 0 Å². The van der Waals surface area contributed by atoms with E-state index in [1.807, 2.05) is 54.6 Å². The highest BCUT2D eigenvalue weighted by Crippen LogP contribution is 2.21. The number of imidazole rings is 1. The number of rotatable bonds is 4. The SMILES string of the molecule is O=c1[nH]c2ccc(Cl)cc2n1-c1ccc(OCc2ccccc2)cc1. The minimum Gasteiger partial charge on any atom is -0.489 e. The van der Waals surface area contributed by atoms with E-state index >= 15 is 0 Å². The van der Waals surface area contributed by atoms with Crippen molar-refractivity contribution in [2.45, 2.75) is 6.61 Å². The van der Waals surface area contributed by atoms with Gasteiger partial charge in [-0.15, -0.1) is 0 Å². The van der Waals surface area contributed by atoms with Gasteiger partial charge in [-0.05, 0) is 48.0 Å². The fourth-order valence-corrected chi connectivity index (χ4v) is 2.93. The molecule has 0 aliphatic carbocycles. The first-order valence-electron chi connectivity index (χ1n) is 7.88. The Kier molecular flexibility index (Phi) is 4.04. The zero-order chi connectivity index (χ0) is 17.2. The predicted molar refractivity (Wildman–Crippen MR) is 99.7 cm³/mol. The summed E-state index contributed by atoms with van der Waals surface area (Å²) in [6.07, 6.45) is 0. The number of aromatic nitrogens is 2. The van der Waals surface area contributed by atoms with Crippen LogP contribution < -0.4 is 10.4 Å². The molecule has 0 aliphatic rings. The van der Waals surface area contributed by atoms with Crippen LogP contribution in [0.15, 0.2) is 77.6 Å². The molecule has 3 aromatic carbocycles. The molecular weight excluding hydrogens is 336 g/mol. The third-order valence-electron chi connectivity index (χ3n) is 3.99. The Morgan fingerprint density at radius 3 is 2.48 bits per heavy atom. The molecule has 1 aromatic heterocycles. The van der Waals surface area contributed by atoms with Crippen molar-refractivity contribution in [2.75, 3.05) is 0 Å². The predicted octanol–water partition coefficient (Wildman–Crippen LogP) is 4.55. The Labute approximate surface area is 149 Å². The van der Waals surface area contributed by atoms with Crippen molar-refractivity contribution in [1.29, 1.82) is 0 Å². The number of nitrogens with one attached hydrogen (secondary N) is 1. The molecule has 25 heavy (non-hydrogen) atoms. The fraction of sp³-hybridized carbons (Fsp3) is 0.0500. The Morgan fingerprint density at radius 1 is 0.960 bits per heavy atom. The minimum atomic E-state index is -0.199. The largest absolute Gasteiger partial charge is 0.489 e. The van der Waals surface area contributed by atoms with Crippen LogP contribution in [-0.4, -0.2) is 9.55 Å². The number of H-pyrrole nitrogens is 1. The molecule has 0 aliphatic heterocycles. The van der Waals surface area contributed by atoms with E-state index < -0.39 is 0 Å². The summed E-state index contributed by atoms with van der Waals surface area (Å²) in [4.78, 5) is 15.1. The molecule has 124 valence electrons. The number of fused-ring (bicyclic) bond motifs is 1. The zero-order valence-corrected chi connectivity index (χ0v) is 14.0. The number of hydrogen-bond acceptors (Lipinski definition) is 2.